The summed E-state index contributed by atoms with van der Waals surface area (Å²) in [4.78, 5) is 24.4. The molecule has 1 N–H and O–H groups in total. The number of halogens is 1. The minimum absolute atomic E-state index is 0.0529. The number of carboxylic acids is 1. The van der Waals surface area contributed by atoms with Crippen LogP contribution in [0.25, 0.3) is 6.08 Å². The normalized spacial score (nSPS) is 13.0. The lowest BCUT2D eigenvalue weighted by molar-refractivity contribution is -0.143. The van der Waals surface area contributed by atoms with Crippen molar-refractivity contribution in [1.82, 2.24) is 4.90 Å². The highest BCUT2D eigenvalue weighted by Gasteiger charge is 2.23. The molecule has 112 valence electrons. The number of ether oxygens (including phenoxy) is 1. The number of amides is 1. The summed E-state index contributed by atoms with van der Waals surface area (Å²) in [6.07, 6.45) is 2.20. The third kappa shape index (κ3) is 3.59. The molecular weight excluding hydrogens is 277 g/mol. The predicted molar refractivity (Wildman–Crippen MR) is 74.4 cm³/mol. The van der Waals surface area contributed by atoms with E-state index >= 15 is 0 Å². The molecule has 0 radical (unpaired) electrons. The third-order valence-corrected chi connectivity index (χ3v) is 3.07. The van der Waals surface area contributed by atoms with Gasteiger partial charge in [-0.3, -0.25) is 9.59 Å². The van der Waals surface area contributed by atoms with Gasteiger partial charge < -0.3 is 14.7 Å². The molecule has 0 fully saturated rings. The molecule has 0 bridgehead atoms. The van der Waals surface area contributed by atoms with E-state index in [9.17, 15) is 14.0 Å². The summed E-state index contributed by atoms with van der Waals surface area (Å²) in [5.41, 5.74) is 0.805. The largest absolute Gasteiger partial charge is 0.488 e. The zero-order valence-corrected chi connectivity index (χ0v) is 11.6. The van der Waals surface area contributed by atoms with Gasteiger partial charge in [0.2, 0.25) is 0 Å². The van der Waals surface area contributed by atoms with Crippen LogP contribution < -0.4 is 4.74 Å². The summed E-state index contributed by atoms with van der Waals surface area (Å²) >= 11 is 0. The molecule has 1 aromatic carbocycles. The predicted octanol–water partition coefficient (Wildman–Crippen LogP) is 1.92. The maximum atomic E-state index is 13.2. The van der Waals surface area contributed by atoms with E-state index in [4.69, 9.17) is 9.84 Å². The van der Waals surface area contributed by atoms with Crippen LogP contribution in [0.15, 0.2) is 23.8 Å². The van der Waals surface area contributed by atoms with Crippen LogP contribution in [-0.2, 0) is 9.59 Å². The van der Waals surface area contributed by atoms with Gasteiger partial charge in [0.25, 0.3) is 5.91 Å². The number of rotatable bonds is 5. The van der Waals surface area contributed by atoms with Crippen LogP contribution in [0.2, 0.25) is 0 Å². The van der Waals surface area contributed by atoms with Crippen LogP contribution >= 0.6 is 0 Å². The Morgan fingerprint density at radius 3 is 2.86 bits per heavy atom. The first-order valence-corrected chi connectivity index (χ1v) is 6.65. The SMILES string of the molecule is CCCN(CC(=O)O)C(=O)C1=Cc2cc(F)ccc2OC1. The molecule has 0 atom stereocenters. The van der Waals surface area contributed by atoms with Crippen molar-refractivity contribution in [3.63, 3.8) is 0 Å². The van der Waals surface area contributed by atoms with E-state index in [1.165, 1.54) is 23.1 Å². The quantitative estimate of drug-likeness (QED) is 0.900. The van der Waals surface area contributed by atoms with Crippen LogP contribution in [0, 0.1) is 5.82 Å². The van der Waals surface area contributed by atoms with Crippen molar-refractivity contribution in [1.29, 1.82) is 0 Å². The second kappa shape index (κ2) is 6.39. The molecule has 1 aromatic rings. The molecule has 0 aliphatic carbocycles. The maximum Gasteiger partial charge on any atom is 0.323 e. The standard InChI is InChI=1S/C15H16FNO4/c1-2-5-17(8-14(18)19)15(20)11-6-10-7-12(16)3-4-13(10)21-9-11/h3-4,6-7H,2,5,8-9H2,1H3,(H,18,19). The van der Waals surface area contributed by atoms with Crippen LogP contribution in [0.1, 0.15) is 18.9 Å². The van der Waals surface area contributed by atoms with Crippen molar-refractivity contribution in [3.8, 4) is 5.75 Å². The van der Waals surface area contributed by atoms with Gasteiger partial charge in [-0.1, -0.05) is 6.92 Å². The number of carboxylic acid groups (broad SMARTS) is 1. The lowest BCUT2D eigenvalue weighted by Crippen LogP contribution is -2.38. The van der Waals surface area contributed by atoms with Gasteiger partial charge in [0.05, 0.1) is 5.57 Å². The van der Waals surface area contributed by atoms with Gasteiger partial charge in [-0.15, -0.1) is 0 Å². The van der Waals surface area contributed by atoms with E-state index in [0.29, 0.717) is 29.9 Å². The summed E-state index contributed by atoms with van der Waals surface area (Å²) in [5, 5.41) is 8.86. The Bertz CT molecular complexity index is 597. The Kier molecular flexibility index (Phi) is 4.57. The molecular formula is C15H16FNO4. The van der Waals surface area contributed by atoms with E-state index < -0.39 is 17.7 Å². The summed E-state index contributed by atoms with van der Waals surface area (Å²) in [6.45, 7) is 1.90. The van der Waals surface area contributed by atoms with E-state index in [2.05, 4.69) is 0 Å². The molecule has 21 heavy (non-hydrogen) atoms. The fourth-order valence-electron chi connectivity index (χ4n) is 2.16. The van der Waals surface area contributed by atoms with Gasteiger partial charge in [-0.2, -0.15) is 0 Å². The number of hydrogen-bond acceptors (Lipinski definition) is 3. The zero-order chi connectivity index (χ0) is 15.4. The topological polar surface area (TPSA) is 66.8 Å². The highest BCUT2D eigenvalue weighted by molar-refractivity contribution is 6.00. The van der Waals surface area contributed by atoms with Crippen LogP contribution in [0.4, 0.5) is 4.39 Å². The first kappa shape index (κ1) is 15.0. The number of fused-ring (bicyclic) bond motifs is 1. The van der Waals surface area contributed by atoms with Crippen molar-refractivity contribution in [2.24, 2.45) is 0 Å². The molecule has 2 rings (SSSR count). The summed E-state index contributed by atoms with van der Waals surface area (Å²) in [6, 6.07) is 4.07. The van der Waals surface area contributed by atoms with Crippen molar-refractivity contribution < 1.29 is 23.8 Å². The molecule has 0 aromatic heterocycles. The van der Waals surface area contributed by atoms with Gasteiger partial charge >= 0.3 is 5.97 Å². The second-order valence-corrected chi connectivity index (χ2v) is 4.76. The lowest BCUT2D eigenvalue weighted by atomic mass is 10.1. The number of carbonyl (C=O) groups excluding carboxylic acids is 1. The second-order valence-electron chi connectivity index (χ2n) is 4.76. The number of benzene rings is 1. The molecule has 1 aliphatic rings. The highest BCUT2D eigenvalue weighted by Crippen LogP contribution is 2.27. The Hall–Kier alpha value is -2.37. The first-order chi connectivity index (χ1) is 10.0. The molecule has 0 saturated heterocycles. The molecule has 0 spiro atoms. The van der Waals surface area contributed by atoms with Gasteiger partial charge in [-0.25, -0.2) is 4.39 Å². The van der Waals surface area contributed by atoms with E-state index in [1.807, 2.05) is 6.92 Å². The fourth-order valence-corrected chi connectivity index (χ4v) is 2.16. The molecule has 0 saturated carbocycles. The van der Waals surface area contributed by atoms with Crippen molar-refractivity contribution in [2.45, 2.75) is 13.3 Å². The van der Waals surface area contributed by atoms with Gasteiger partial charge in [0.15, 0.2) is 0 Å². The Labute approximate surface area is 121 Å². The monoisotopic (exact) mass is 293 g/mol. The maximum absolute atomic E-state index is 13.2. The minimum Gasteiger partial charge on any atom is -0.488 e. The number of carbonyl (C=O) groups is 2. The van der Waals surface area contributed by atoms with Gasteiger partial charge in [-0.05, 0) is 30.7 Å². The van der Waals surface area contributed by atoms with Crippen LogP contribution in [0.5, 0.6) is 5.75 Å². The third-order valence-electron chi connectivity index (χ3n) is 3.07. The molecule has 5 nitrogen and oxygen atoms in total. The average Bonchev–Trinajstić information content (AvgIpc) is 2.44. The average molecular weight is 293 g/mol. The van der Waals surface area contributed by atoms with Crippen molar-refractivity contribution >= 4 is 18.0 Å². The zero-order valence-electron chi connectivity index (χ0n) is 11.6. The Morgan fingerprint density at radius 2 is 2.19 bits per heavy atom. The van der Waals surface area contributed by atoms with Gasteiger partial charge in [0.1, 0.15) is 24.7 Å². The first-order valence-electron chi connectivity index (χ1n) is 6.65. The molecule has 0 unspecified atom stereocenters. The Morgan fingerprint density at radius 1 is 1.43 bits per heavy atom. The van der Waals surface area contributed by atoms with E-state index in [0.717, 1.165) is 0 Å². The van der Waals surface area contributed by atoms with Crippen molar-refractivity contribution in [3.05, 3.63) is 35.2 Å². The smallest absolute Gasteiger partial charge is 0.323 e. The summed E-state index contributed by atoms with van der Waals surface area (Å²) in [5.74, 6) is -1.37. The highest BCUT2D eigenvalue weighted by atomic mass is 19.1. The molecule has 1 aliphatic heterocycles. The minimum atomic E-state index is -1.07. The number of nitrogens with zero attached hydrogens (tertiary/aromatic N) is 1. The van der Waals surface area contributed by atoms with Crippen LogP contribution in [-0.4, -0.2) is 41.6 Å². The lowest BCUT2D eigenvalue weighted by Gasteiger charge is -2.24. The summed E-state index contributed by atoms with van der Waals surface area (Å²) < 4.78 is 18.6. The number of hydrogen-bond donors (Lipinski definition) is 1. The Balaban J connectivity index is 2.24. The molecule has 1 heterocycles. The molecule has 6 heteroatoms. The van der Waals surface area contributed by atoms with E-state index in [-0.39, 0.29) is 13.2 Å². The molecule has 1 amide bonds. The fraction of sp³-hybridized carbons (Fsp3) is 0.333. The van der Waals surface area contributed by atoms with Crippen molar-refractivity contribution in [2.75, 3.05) is 19.7 Å². The van der Waals surface area contributed by atoms with E-state index in [1.54, 1.807) is 6.08 Å². The van der Waals surface area contributed by atoms with Gasteiger partial charge in [0, 0.05) is 12.1 Å². The summed E-state index contributed by atoms with van der Waals surface area (Å²) in [7, 11) is 0. The number of aliphatic carboxylic acids is 1. The van der Waals surface area contributed by atoms with Crippen LogP contribution in [0.3, 0.4) is 0 Å².